The maximum absolute atomic E-state index is 10.7. The zero-order chi connectivity index (χ0) is 18.8. The van der Waals surface area contributed by atoms with Crippen molar-refractivity contribution in [2.24, 2.45) is 10.8 Å². The minimum Gasteiger partial charge on any atom is -0.490 e. The molecular weight excluding hydrogens is 402 g/mol. The number of nitrogens with two attached hydrogens (primary N) is 1. The van der Waals surface area contributed by atoms with Crippen molar-refractivity contribution < 1.29 is 19.0 Å². The van der Waals surface area contributed by atoms with Crippen LogP contribution in [-0.2, 0) is 0 Å². The lowest BCUT2D eigenvalue weighted by Crippen LogP contribution is -2.24. The summed E-state index contributed by atoms with van der Waals surface area (Å²) in [7, 11) is 0. The van der Waals surface area contributed by atoms with E-state index in [9.17, 15) is 4.79 Å². The first-order valence-electron chi connectivity index (χ1n) is 7.95. The first-order chi connectivity index (χ1) is 12.6. The Morgan fingerprint density at radius 1 is 1.19 bits per heavy atom. The summed E-state index contributed by atoms with van der Waals surface area (Å²) in [5.74, 6) is 1.92. The molecule has 0 saturated carbocycles. The molecule has 0 unspecified atom stereocenters. The molecule has 0 saturated heterocycles. The molecule has 0 aromatic heterocycles. The average Bonchev–Trinajstić information content (AvgIpc) is 2.61. The Morgan fingerprint density at radius 3 is 2.62 bits per heavy atom. The third kappa shape index (κ3) is 6.29. The van der Waals surface area contributed by atoms with E-state index in [-0.39, 0.29) is 0 Å². The summed E-state index contributed by atoms with van der Waals surface area (Å²) in [6.07, 6.45) is 1.46. The maximum atomic E-state index is 10.7. The minimum absolute atomic E-state index is 0.351. The number of carbonyl (C=O) groups excluding carboxylic acids is 1. The van der Waals surface area contributed by atoms with Crippen LogP contribution in [0.15, 0.2) is 52.0 Å². The fourth-order valence-corrected chi connectivity index (χ4v) is 2.63. The second-order valence-corrected chi connectivity index (χ2v) is 5.86. The Kier molecular flexibility index (Phi) is 7.75. The van der Waals surface area contributed by atoms with Crippen molar-refractivity contribution in [1.82, 2.24) is 5.43 Å². The Bertz CT molecular complexity index is 754. The number of benzene rings is 2. The zero-order valence-electron chi connectivity index (χ0n) is 14.3. The molecule has 2 aromatic rings. The van der Waals surface area contributed by atoms with Crippen LogP contribution in [0.25, 0.3) is 0 Å². The van der Waals surface area contributed by atoms with Crippen LogP contribution < -0.4 is 25.4 Å². The molecule has 2 amide bonds. The number of urea groups is 1. The van der Waals surface area contributed by atoms with E-state index >= 15 is 0 Å². The Balaban J connectivity index is 2.01. The first-order valence-corrected chi connectivity index (χ1v) is 8.75. The van der Waals surface area contributed by atoms with Gasteiger partial charge in [-0.15, -0.1) is 0 Å². The molecule has 0 radical (unpaired) electrons. The number of halogens is 1. The van der Waals surface area contributed by atoms with Crippen molar-refractivity contribution in [3.8, 4) is 17.2 Å². The highest BCUT2D eigenvalue weighted by molar-refractivity contribution is 9.10. The lowest BCUT2D eigenvalue weighted by molar-refractivity contribution is 0.207. The highest BCUT2D eigenvalue weighted by Gasteiger charge is 2.12. The van der Waals surface area contributed by atoms with E-state index in [4.69, 9.17) is 19.9 Å². The Hall–Kier alpha value is -2.74. The Morgan fingerprint density at radius 2 is 1.92 bits per heavy atom. The smallest absolute Gasteiger partial charge is 0.332 e. The monoisotopic (exact) mass is 421 g/mol. The molecule has 26 heavy (non-hydrogen) atoms. The molecule has 0 aliphatic carbocycles. The lowest BCUT2D eigenvalue weighted by Gasteiger charge is -2.15. The molecular formula is C18H20BrN3O4. The van der Waals surface area contributed by atoms with Gasteiger partial charge in [0.05, 0.1) is 17.3 Å². The van der Waals surface area contributed by atoms with E-state index in [0.717, 1.165) is 5.75 Å². The quantitative estimate of drug-likeness (QED) is 0.368. The number of amides is 2. The van der Waals surface area contributed by atoms with E-state index in [1.54, 1.807) is 12.1 Å². The number of para-hydroxylation sites is 1. The van der Waals surface area contributed by atoms with E-state index in [2.05, 4.69) is 26.5 Å². The summed E-state index contributed by atoms with van der Waals surface area (Å²) in [6.45, 7) is 3.10. The molecule has 8 heteroatoms. The third-order valence-electron chi connectivity index (χ3n) is 3.06. The van der Waals surface area contributed by atoms with Gasteiger partial charge in [0.1, 0.15) is 19.0 Å². The molecule has 0 spiro atoms. The van der Waals surface area contributed by atoms with Crippen molar-refractivity contribution in [2.75, 3.05) is 19.8 Å². The van der Waals surface area contributed by atoms with Gasteiger partial charge in [-0.2, -0.15) is 5.10 Å². The van der Waals surface area contributed by atoms with Crippen LogP contribution in [0, 0.1) is 0 Å². The fourth-order valence-electron chi connectivity index (χ4n) is 2.06. The summed E-state index contributed by atoms with van der Waals surface area (Å²) in [5, 5.41) is 3.74. The molecule has 0 atom stereocenters. The number of hydrazone groups is 1. The number of hydrogen-bond acceptors (Lipinski definition) is 5. The topological polar surface area (TPSA) is 95.2 Å². The number of primary amides is 1. The van der Waals surface area contributed by atoms with Crippen LogP contribution in [0.3, 0.4) is 0 Å². The predicted octanol–water partition coefficient (Wildman–Crippen LogP) is 3.31. The highest BCUT2D eigenvalue weighted by Crippen LogP contribution is 2.36. The number of rotatable bonds is 9. The van der Waals surface area contributed by atoms with Gasteiger partial charge in [0, 0.05) is 0 Å². The van der Waals surface area contributed by atoms with Crippen molar-refractivity contribution in [2.45, 2.75) is 6.92 Å². The fraction of sp³-hybridized carbons (Fsp3) is 0.222. The first kappa shape index (κ1) is 19.6. The second kappa shape index (κ2) is 10.3. The molecule has 0 aliphatic heterocycles. The highest BCUT2D eigenvalue weighted by atomic mass is 79.9. The number of hydrogen-bond donors (Lipinski definition) is 2. The predicted molar refractivity (Wildman–Crippen MR) is 103 cm³/mol. The number of ether oxygens (including phenoxy) is 3. The molecule has 0 heterocycles. The van der Waals surface area contributed by atoms with Gasteiger partial charge in [0.25, 0.3) is 0 Å². The molecule has 0 fully saturated rings. The lowest BCUT2D eigenvalue weighted by atomic mass is 10.2. The van der Waals surface area contributed by atoms with Crippen LogP contribution in [0.2, 0.25) is 0 Å². The minimum atomic E-state index is -0.733. The number of carbonyl (C=O) groups is 1. The summed E-state index contributed by atoms with van der Waals surface area (Å²) in [6, 6.07) is 12.3. The van der Waals surface area contributed by atoms with E-state index in [0.29, 0.717) is 41.4 Å². The van der Waals surface area contributed by atoms with Crippen molar-refractivity contribution in [1.29, 1.82) is 0 Å². The van der Waals surface area contributed by atoms with Crippen molar-refractivity contribution in [3.63, 3.8) is 0 Å². The summed E-state index contributed by atoms with van der Waals surface area (Å²) >= 11 is 3.47. The van der Waals surface area contributed by atoms with Crippen LogP contribution >= 0.6 is 15.9 Å². The molecule has 138 valence electrons. The molecule has 0 bridgehead atoms. The largest absolute Gasteiger partial charge is 0.490 e. The number of nitrogens with one attached hydrogen (secondary N) is 1. The van der Waals surface area contributed by atoms with Gasteiger partial charge in [-0.1, -0.05) is 18.2 Å². The van der Waals surface area contributed by atoms with Crippen LogP contribution in [-0.4, -0.2) is 32.1 Å². The van der Waals surface area contributed by atoms with Gasteiger partial charge in [-0.3, -0.25) is 0 Å². The normalized spacial score (nSPS) is 10.5. The van der Waals surface area contributed by atoms with Gasteiger partial charge in [0.2, 0.25) is 0 Å². The second-order valence-electron chi connectivity index (χ2n) is 5.01. The van der Waals surface area contributed by atoms with Crippen LogP contribution in [0.5, 0.6) is 17.2 Å². The van der Waals surface area contributed by atoms with E-state index in [1.165, 1.54) is 6.21 Å². The average molecular weight is 422 g/mol. The molecule has 0 aliphatic rings. The van der Waals surface area contributed by atoms with Gasteiger partial charge in [-0.25, -0.2) is 10.2 Å². The van der Waals surface area contributed by atoms with Crippen LogP contribution in [0.4, 0.5) is 4.79 Å². The summed E-state index contributed by atoms with van der Waals surface area (Å²) < 4.78 is 17.8. The van der Waals surface area contributed by atoms with Gasteiger partial charge in [0.15, 0.2) is 11.5 Å². The van der Waals surface area contributed by atoms with E-state index < -0.39 is 6.03 Å². The van der Waals surface area contributed by atoms with Crippen LogP contribution in [0.1, 0.15) is 12.5 Å². The summed E-state index contributed by atoms with van der Waals surface area (Å²) in [5.41, 5.74) is 7.82. The standard InChI is InChI=1S/C18H20BrN3O4/c1-2-24-16-11-13(12-21-22-18(20)23)10-15(19)17(16)26-9-8-25-14-6-4-3-5-7-14/h3-7,10-12H,2,8-9H2,1H3,(H3,20,22,23)/b21-12+. The SMILES string of the molecule is CCOc1cc(/C=N/NC(N)=O)cc(Br)c1OCCOc1ccccc1. The van der Waals surface area contributed by atoms with Gasteiger partial charge >= 0.3 is 6.03 Å². The molecule has 2 rings (SSSR count). The zero-order valence-corrected chi connectivity index (χ0v) is 15.9. The van der Waals surface area contributed by atoms with E-state index in [1.807, 2.05) is 37.3 Å². The van der Waals surface area contributed by atoms with Crippen molar-refractivity contribution in [3.05, 3.63) is 52.5 Å². The van der Waals surface area contributed by atoms with Crippen molar-refractivity contribution >= 4 is 28.2 Å². The number of nitrogens with zero attached hydrogens (tertiary/aromatic N) is 1. The van der Waals surface area contributed by atoms with Gasteiger partial charge in [-0.05, 0) is 52.7 Å². The third-order valence-corrected chi connectivity index (χ3v) is 3.65. The molecule has 3 N–H and O–H groups in total. The van der Waals surface area contributed by atoms with Gasteiger partial charge < -0.3 is 19.9 Å². The maximum Gasteiger partial charge on any atom is 0.332 e. The Labute approximate surface area is 160 Å². The molecule has 2 aromatic carbocycles. The summed E-state index contributed by atoms with van der Waals surface area (Å²) in [4.78, 5) is 10.7. The molecule has 7 nitrogen and oxygen atoms in total.